The molecular weight excluding hydrogens is 310 g/mol. The minimum Gasteiger partial charge on any atom is -0.463 e. The van der Waals surface area contributed by atoms with E-state index >= 15 is 0 Å². The molecule has 0 aliphatic carbocycles. The molecule has 0 spiro atoms. The Morgan fingerprint density at radius 2 is 1.88 bits per heavy atom. The van der Waals surface area contributed by atoms with Crippen LogP contribution in [-0.4, -0.2) is 17.1 Å². The van der Waals surface area contributed by atoms with E-state index in [0.717, 1.165) is 17.7 Å². The Kier molecular flexibility index (Phi) is 5.03. The van der Waals surface area contributed by atoms with Gasteiger partial charge in [0, 0.05) is 29.7 Å². The van der Waals surface area contributed by atoms with E-state index in [2.05, 4.69) is 66.2 Å². The van der Waals surface area contributed by atoms with Crippen molar-refractivity contribution in [1.29, 1.82) is 0 Å². The summed E-state index contributed by atoms with van der Waals surface area (Å²) in [6.45, 7) is 7.08. The summed E-state index contributed by atoms with van der Waals surface area (Å²) in [5.74, 6) is -0.294. The molecule has 0 radical (unpaired) electrons. The number of hydrogen-bond donors (Lipinski definition) is 0. The van der Waals surface area contributed by atoms with E-state index in [0.29, 0.717) is 6.61 Å². The maximum Gasteiger partial charge on any atom is 0.331 e. The van der Waals surface area contributed by atoms with Crippen LogP contribution >= 0.6 is 0 Å². The second-order valence-electron chi connectivity index (χ2n) is 6.28. The summed E-state index contributed by atoms with van der Waals surface area (Å²) >= 11 is 0. The van der Waals surface area contributed by atoms with Crippen LogP contribution in [0, 0.1) is 6.92 Å². The summed E-state index contributed by atoms with van der Waals surface area (Å²) in [6.07, 6.45) is 3.66. The fraction of sp³-hybridized carbons (Fsp3) is 0.227. The number of allylic oxidation sites excluding steroid dienone is 1. The number of carbonyl (C=O) groups is 1. The molecule has 3 rings (SSSR count). The van der Waals surface area contributed by atoms with Gasteiger partial charge in [-0.25, -0.2) is 4.79 Å². The fourth-order valence-electron chi connectivity index (χ4n) is 2.92. The standard InChI is InChI=1S/C22H23NO2/c1-4-25-22(24)13-17(3)19-9-10-21-20(14-19)11-12-23(21)15-18-7-5-16(2)6-8-18/h5-14H,4,15H2,1-3H3/b17-13+. The molecule has 2 aromatic carbocycles. The lowest BCUT2D eigenvalue weighted by atomic mass is 10.1. The molecule has 0 bridgehead atoms. The zero-order valence-corrected chi connectivity index (χ0v) is 15.0. The fourth-order valence-corrected chi connectivity index (χ4v) is 2.92. The number of fused-ring (bicyclic) bond motifs is 1. The van der Waals surface area contributed by atoms with Gasteiger partial charge in [0.1, 0.15) is 0 Å². The third-order valence-electron chi connectivity index (χ3n) is 4.32. The van der Waals surface area contributed by atoms with Crippen LogP contribution in [0.5, 0.6) is 0 Å². The Labute approximate surface area is 148 Å². The molecule has 0 N–H and O–H groups in total. The third-order valence-corrected chi connectivity index (χ3v) is 4.32. The van der Waals surface area contributed by atoms with Crippen LogP contribution < -0.4 is 0 Å². The second kappa shape index (κ2) is 7.39. The molecule has 3 heteroatoms. The third kappa shape index (κ3) is 4.00. The van der Waals surface area contributed by atoms with E-state index < -0.39 is 0 Å². The zero-order valence-electron chi connectivity index (χ0n) is 15.0. The molecule has 25 heavy (non-hydrogen) atoms. The normalized spacial score (nSPS) is 11.7. The molecule has 1 heterocycles. The second-order valence-corrected chi connectivity index (χ2v) is 6.28. The summed E-state index contributed by atoms with van der Waals surface area (Å²) in [5, 5.41) is 1.17. The number of ether oxygens (including phenoxy) is 1. The van der Waals surface area contributed by atoms with E-state index in [9.17, 15) is 4.79 Å². The average Bonchev–Trinajstić information content (AvgIpc) is 2.99. The van der Waals surface area contributed by atoms with E-state index in [1.54, 1.807) is 6.08 Å². The van der Waals surface area contributed by atoms with Gasteiger partial charge in [-0.2, -0.15) is 0 Å². The maximum atomic E-state index is 11.6. The number of aromatic nitrogens is 1. The van der Waals surface area contributed by atoms with Crippen LogP contribution in [0.15, 0.2) is 60.8 Å². The van der Waals surface area contributed by atoms with E-state index in [4.69, 9.17) is 4.74 Å². The molecule has 1 aromatic heterocycles. The highest BCUT2D eigenvalue weighted by atomic mass is 16.5. The van der Waals surface area contributed by atoms with Crippen LogP contribution in [0.25, 0.3) is 16.5 Å². The van der Waals surface area contributed by atoms with E-state index in [1.807, 2.05) is 13.8 Å². The number of rotatable bonds is 5. The lowest BCUT2D eigenvalue weighted by Crippen LogP contribution is -2.00. The molecular formula is C22H23NO2. The van der Waals surface area contributed by atoms with Crippen LogP contribution in [0.1, 0.15) is 30.5 Å². The van der Waals surface area contributed by atoms with Crippen molar-refractivity contribution in [2.75, 3.05) is 6.61 Å². The van der Waals surface area contributed by atoms with Gasteiger partial charge in [0.2, 0.25) is 0 Å². The quantitative estimate of drug-likeness (QED) is 0.488. The molecule has 0 fully saturated rings. The summed E-state index contributed by atoms with van der Waals surface area (Å²) < 4.78 is 7.23. The first kappa shape index (κ1) is 17.0. The molecule has 0 saturated heterocycles. The van der Waals surface area contributed by atoms with Gasteiger partial charge in [-0.05, 0) is 55.7 Å². The predicted octanol–water partition coefficient (Wildman–Crippen LogP) is 4.96. The SMILES string of the molecule is CCOC(=O)/C=C(\C)c1ccc2c(ccn2Cc2ccc(C)cc2)c1. The smallest absolute Gasteiger partial charge is 0.331 e. The molecule has 0 amide bonds. The van der Waals surface area contributed by atoms with Gasteiger partial charge < -0.3 is 9.30 Å². The Morgan fingerprint density at radius 3 is 2.60 bits per heavy atom. The lowest BCUT2D eigenvalue weighted by molar-refractivity contribution is -0.137. The Balaban J connectivity index is 1.85. The van der Waals surface area contributed by atoms with Crippen molar-refractivity contribution in [3.05, 3.63) is 77.5 Å². The Hall–Kier alpha value is -2.81. The molecule has 0 atom stereocenters. The summed E-state index contributed by atoms with van der Waals surface area (Å²) in [7, 11) is 0. The number of nitrogens with zero attached hydrogens (tertiary/aromatic N) is 1. The number of benzene rings is 2. The minimum atomic E-state index is -0.294. The predicted molar refractivity (Wildman–Crippen MR) is 103 cm³/mol. The largest absolute Gasteiger partial charge is 0.463 e. The Bertz CT molecular complexity index is 917. The van der Waals surface area contributed by atoms with Crippen molar-refractivity contribution in [2.45, 2.75) is 27.3 Å². The minimum absolute atomic E-state index is 0.294. The number of esters is 1. The molecule has 0 aliphatic heterocycles. The summed E-state index contributed by atoms with van der Waals surface area (Å²) in [4.78, 5) is 11.6. The molecule has 3 aromatic rings. The molecule has 3 nitrogen and oxygen atoms in total. The van der Waals surface area contributed by atoms with Gasteiger partial charge in [-0.3, -0.25) is 0 Å². The molecule has 0 aliphatic rings. The van der Waals surface area contributed by atoms with Gasteiger partial charge in [0.15, 0.2) is 0 Å². The van der Waals surface area contributed by atoms with Crippen molar-refractivity contribution >= 4 is 22.4 Å². The van der Waals surface area contributed by atoms with Gasteiger partial charge in [0.05, 0.1) is 6.61 Å². The van der Waals surface area contributed by atoms with E-state index in [-0.39, 0.29) is 5.97 Å². The van der Waals surface area contributed by atoms with Crippen LogP contribution in [0.4, 0.5) is 0 Å². The van der Waals surface area contributed by atoms with Crippen molar-refractivity contribution in [1.82, 2.24) is 4.57 Å². The van der Waals surface area contributed by atoms with Gasteiger partial charge in [-0.15, -0.1) is 0 Å². The molecule has 0 saturated carbocycles. The van der Waals surface area contributed by atoms with Crippen molar-refractivity contribution in [3.8, 4) is 0 Å². The van der Waals surface area contributed by atoms with Crippen molar-refractivity contribution < 1.29 is 9.53 Å². The summed E-state index contributed by atoms with van der Waals surface area (Å²) in [6, 6.07) is 17.0. The summed E-state index contributed by atoms with van der Waals surface area (Å²) in [5.41, 5.74) is 5.69. The van der Waals surface area contributed by atoms with Gasteiger partial charge in [-0.1, -0.05) is 35.9 Å². The van der Waals surface area contributed by atoms with Crippen LogP contribution in [-0.2, 0) is 16.1 Å². The first-order valence-electron chi connectivity index (χ1n) is 8.56. The first-order chi connectivity index (χ1) is 12.1. The number of hydrogen-bond acceptors (Lipinski definition) is 2. The lowest BCUT2D eigenvalue weighted by Gasteiger charge is -2.08. The number of aryl methyl sites for hydroxylation is 1. The Morgan fingerprint density at radius 1 is 1.12 bits per heavy atom. The number of carbonyl (C=O) groups excluding carboxylic acids is 1. The van der Waals surface area contributed by atoms with Crippen molar-refractivity contribution in [3.63, 3.8) is 0 Å². The van der Waals surface area contributed by atoms with Gasteiger partial charge in [0.25, 0.3) is 0 Å². The highest BCUT2D eigenvalue weighted by Gasteiger charge is 2.06. The average molecular weight is 333 g/mol. The molecule has 128 valence electrons. The first-order valence-corrected chi connectivity index (χ1v) is 8.56. The monoisotopic (exact) mass is 333 g/mol. The molecule has 0 unspecified atom stereocenters. The van der Waals surface area contributed by atoms with Crippen molar-refractivity contribution in [2.24, 2.45) is 0 Å². The zero-order chi connectivity index (χ0) is 17.8. The highest BCUT2D eigenvalue weighted by Crippen LogP contribution is 2.23. The highest BCUT2D eigenvalue weighted by molar-refractivity contribution is 5.92. The van der Waals surface area contributed by atoms with Gasteiger partial charge >= 0.3 is 5.97 Å². The van der Waals surface area contributed by atoms with E-state index in [1.165, 1.54) is 22.0 Å². The van der Waals surface area contributed by atoms with Crippen LogP contribution in [0.2, 0.25) is 0 Å². The maximum absolute atomic E-state index is 11.6. The van der Waals surface area contributed by atoms with Crippen LogP contribution in [0.3, 0.4) is 0 Å². The topological polar surface area (TPSA) is 31.2 Å².